The van der Waals surface area contributed by atoms with Crippen LogP contribution in [0.3, 0.4) is 0 Å². The second-order valence-electron chi connectivity index (χ2n) is 4.08. The Kier molecular flexibility index (Phi) is 3.46. The molecule has 0 spiro atoms. The summed E-state index contributed by atoms with van der Waals surface area (Å²) in [6.07, 6.45) is -0.189. The Morgan fingerprint density at radius 2 is 1.95 bits per heavy atom. The van der Waals surface area contributed by atoms with Crippen LogP contribution in [0.15, 0.2) is 24.3 Å². The molecule has 0 unspecified atom stereocenters. The number of rotatable bonds is 4. The molecule has 6 nitrogen and oxygen atoms in total. The minimum absolute atomic E-state index is 0.0254. The number of carbonyl (C=O) groups excluding carboxylic acids is 2. The van der Waals surface area contributed by atoms with Gasteiger partial charge in [-0.1, -0.05) is 0 Å². The van der Waals surface area contributed by atoms with Crippen LogP contribution in [0.1, 0.15) is 12.8 Å². The first-order valence-electron chi connectivity index (χ1n) is 5.61. The van der Waals surface area contributed by atoms with Crippen molar-refractivity contribution >= 4 is 23.6 Å². The molecule has 1 aliphatic rings. The highest BCUT2D eigenvalue weighted by molar-refractivity contribution is 6.21. The minimum atomic E-state index is -1.04. The molecule has 1 atom stereocenters. The van der Waals surface area contributed by atoms with E-state index < -0.39 is 29.8 Å². The summed E-state index contributed by atoms with van der Waals surface area (Å²) in [6, 6.07) is 3.42. The molecule has 0 saturated carbocycles. The number of anilines is 1. The van der Waals surface area contributed by atoms with Gasteiger partial charge in [-0.25, -0.2) is 14.1 Å². The zero-order valence-corrected chi connectivity index (χ0v) is 9.80. The molecule has 1 saturated heterocycles. The fourth-order valence-electron chi connectivity index (χ4n) is 1.83. The van der Waals surface area contributed by atoms with Crippen LogP contribution in [0.4, 0.5) is 14.9 Å². The third-order valence-corrected chi connectivity index (χ3v) is 2.75. The summed E-state index contributed by atoms with van der Waals surface area (Å²) in [7, 11) is 0. The average molecular weight is 266 g/mol. The summed E-state index contributed by atoms with van der Waals surface area (Å²) in [4.78, 5) is 35.0. The van der Waals surface area contributed by atoms with E-state index in [0.29, 0.717) is 0 Å². The molecule has 0 aromatic heterocycles. The highest BCUT2D eigenvalue weighted by Gasteiger charge is 2.38. The van der Waals surface area contributed by atoms with Crippen LogP contribution in [-0.2, 0) is 9.59 Å². The van der Waals surface area contributed by atoms with Gasteiger partial charge in [0.15, 0.2) is 0 Å². The summed E-state index contributed by atoms with van der Waals surface area (Å²) in [5.74, 6) is -2.04. The molecular weight excluding hydrogens is 255 g/mol. The van der Waals surface area contributed by atoms with Crippen molar-refractivity contribution in [3.8, 4) is 0 Å². The second kappa shape index (κ2) is 5.05. The number of carboxylic acids is 1. The molecule has 7 heteroatoms. The Morgan fingerprint density at radius 1 is 1.32 bits per heavy atom. The predicted molar refractivity (Wildman–Crippen MR) is 63.1 cm³/mol. The smallest absolute Gasteiger partial charge is 0.329 e. The number of hydrogen-bond donors (Lipinski definition) is 2. The van der Waals surface area contributed by atoms with Gasteiger partial charge < -0.3 is 10.4 Å². The first-order chi connectivity index (χ1) is 8.99. The van der Waals surface area contributed by atoms with Crippen LogP contribution in [0.25, 0.3) is 0 Å². The lowest BCUT2D eigenvalue weighted by Gasteiger charge is -2.12. The zero-order chi connectivity index (χ0) is 14.0. The number of benzene rings is 1. The van der Waals surface area contributed by atoms with Gasteiger partial charge >= 0.3 is 12.0 Å². The summed E-state index contributed by atoms with van der Waals surface area (Å²) in [6.45, 7) is 0. The number of carbonyl (C=O) groups is 3. The Morgan fingerprint density at radius 3 is 2.53 bits per heavy atom. The summed E-state index contributed by atoms with van der Waals surface area (Å²) >= 11 is 0. The second-order valence-corrected chi connectivity index (χ2v) is 4.08. The number of carboxylic acid groups (broad SMARTS) is 1. The van der Waals surface area contributed by atoms with Crippen molar-refractivity contribution in [1.82, 2.24) is 5.32 Å². The number of halogens is 1. The number of hydrogen-bond acceptors (Lipinski definition) is 3. The molecule has 0 aliphatic carbocycles. The monoisotopic (exact) mass is 266 g/mol. The molecule has 3 amide bonds. The predicted octanol–water partition coefficient (Wildman–Crippen LogP) is 1.12. The number of nitrogens with zero attached hydrogens (tertiary/aromatic N) is 1. The molecule has 0 bridgehead atoms. The van der Waals surface area contributed by atoms with Crippen LogP contribution in [0.2, 0.25) is 0 Å². The first kappa shape index (κ1) is 13.0. The maximum Gasteiger partial charge on any atom is 0.329 e. The van der Waals surface area contributed by atoms with E-state index in [1.54, 1.807) is 0 Å². The Bertz CT molecular complexity index is 529. The lowest BCUT2D eigenvalue weighted by Crippen LogP contribution is -2.31. The maximum atomic E-state index is 12.8. The lowest BCUT2D eigenvalue weighted by molar-refractivity contribution is -0.137. The van der Waals surface area contributed by atoms with Gasteiger partial charge in [0, 0.05) is 6.42 Å². The zero-order valence-electron chi connectivity index (χ0n) is 9.80. The topological polar surface area (TPSA) is 86.7 Å². The number of amides is 3. The maximum absolute atomic E-state index is 12.8. The fraction of sp³-hybridized carbons (Fsp3) is 0.250. The van der Waals surface area contributed by atoms with E-state index in [1.807, 2.05) is 0 Å². The van der Waals surface area contributed by atoms with Gasteiger partial charge in [0.2, 0.25) is 0 Å². The lowest BCUT2D eigenvalue weighted by atomic mass is 10.1. The third-order valence-electron chi connectivity index (χ3n) is 2.75. The third kappa shape index (κ3) is 2.70. The number of urea groups is 1. The van der Waals surface area contributed by atoms with E-state index >= 15 is 0 Å². The van der Waals surface area contributed by atoms with Gasteiger partial charge in [0.25, 0.3) is 5.91 Å². The number of aliphatic carboxylic acids is 1. The SMILES string of the molecule is O=C(O)CC[C@H]1NC(=O)N(c2ccc(F)cc2)C1=O. The van der Waals surface area contributed by atoms with E-state index in [9.17, 15) is 18.8 Å². The molecule has 19 heavy (non-hydrogen) atoms. The van der Waals surface area contributed by atoms with Crippen LogP contribution in [0.5, 0.6) is 0 Å². The fourth-order valence-corrected chi connectivity index (χ4v) is 1.83. The highest BCUT2D eigenvalue weighted by Crippen LogP contribution is 2.21. The van der Waals surface area contributed by atoms with Gasteiger partial charge in [0.05, 0.1) is 5.69 Å². The van der Waals surface area contributed by atoms with Gasteiger partial charge in [0.1, 0.15) is 11.9 Å². The first-order valence-corrected chi connectivity index (χ1v) is 5.61. The quantitative estimate of drug-likeness (QED) is 0.799. The Labute approximate surface area is 107 Å². The van der Waals surface area contributed by atoms with Crippen molar-refractivity contribution in [2.75, 3.05) is 4.90 Å². The van der Waals surface area contributed by atoms with Crippen LogP contribution >= 0.6 is 0 Å². The summed E-state index contributed by atoms with van der Waals surface area (Å²) < 4.78 is 12.8. The van der Waals surface area contributed by atoms with E-state index in [2.05, 4.69) is 5.32 Å². The molecule has 1 aromatic carbocycles. The van der Waals surface area contributed by atoms with Gasteiger partial charge in [-0.05, 0) is 30.7 Å². The van der Waals surface area contributed by atoms with Crippen LogP contribution in [-0.4, -0.2) is 29.1 Å². The van der Waals surface area contributed by atoms with Crippen LogP contribution in [0, 0.1) is 5.82 Å². The van der Waals surface area contributed by atoms with Crippen molar-refractivity contribution < 1.29 is 23.9 Å². The Balaban J connectivity index is 2.14. The van der Waals surface area contributed by atoms with Gasteiger partial charge in [-0.15, -0.1) is 0 Å². The number of imide groups is 1. The molecule has 2 N–H and O–H groups in total. The highest BCUT2D eigenvalue weighted by atomic mass is 19.1. The standard InChI is InChI=1S/C12H11FN2O4/c13-7-1-3-8(4-2-7)15-11(18)9(14-12(15)19)5-6-10(16)17/h1-4,9H,5-6H2,(H,14,19)(H,16,17)/t9-/m1/s1. The van der Waals surface area contributed by atoms with Crippen LogP contribution < -0.4 is 10.2 Å². The van der Waals surface area contributed by atoms with E-state index in [1.165, 1.54) is 12.1 Å². The van der Waals surface area contributed by atoms with Gasteiger partial charge in [-0.3, -0.25) is 9.59 Å². The van der Waals surface area contributed by atoms with Crippen molar-refractivity contribution in [2.45, 2.75) is 18.9 Å². The van der Waals surface area contributed by atoms with E-state index in [0.717, 1.165) is 17.0 Å². The van der Waals surface area contributed by atoms with Crippen molar-refractivity contribution in [3.05, 3.63) is 30.1 Å². The molecule has 1 heterocycles. The molecule has 2 rings (SSSR count). The average Bonchev–Trinajstić information content (AvgIpc) is 2.63. The van der Waals surface area contributed by atoms with Gasteiger partial charge in [-0.2, -0.15) is 0 Å². The largest absolute Gasteiger partial charge is 0.481 e. The van der Waals surface area contributed by atoms with E-state index in [4.69, 9.17) is 5.11 Å². The minimum Gasteiger partial charge on any atom is -0.481 e. The summed E-state index contributed by atoms with van der Waals surface area (Å²) in [5.41, 5.74) is 0.252. The van der Waals surface area contributed by atoms with Crippen molar-refractivity contribution in [1.29, 1.82) is 0 Å². The molecule has 1 aliphatic heterocycles. The van der Waals surface area contributed by atoms with Crippen molar-refractivity contribution in [2.24, 2.45) is 0 Å². The van der Waals surface area contributed by atoms with Crippen molar-refractivity contribution in [3.63, 3.8) is 0 Å². The normalized spacial score (nSPS) is 18.6. The molecule has 1 aromatic rings. The molecule has 0 radical (unpaired) electrons. The Hall–Kier alpha value is -2.44. The molecule has 100 valence electrons. The summed E-state index contributed by atoms with van der Waals surface area (Å²) in [5, 5.41) is 11.0. The molecular formula is C12H11FN2O4. The number of nitrogens with one attached hydrogen (secondary N) is 1. The van der Waals surface area contributed by atoms with E-state index in [-0.39, 0.29) is 18.5 Å². The molecule has 1 fully saturated rings.